The van der Waals surface area contributed by atoms with Crippen LogP contribution in [0.2, 0.25) is 0 Å². The molecule has 0 bridgehead atoms. The molecule has 1 fully saturated rings. The zero-order valence-corrected chi connectivity index (χ0v) is 10.3. The van der Waals surface area contributed by atoms with Gasteiger partial charge in [0.05, 0.1) is 11.8 Å². The van der Waals surface area contributed by atoms with Crippen molar-refractivity contribution in [3.8, 4) is 0 Å². The fourth-order valence-corrected chi connectivity index (χ4v) is 1.82. The average Bonchev–Trinajstić information content (AvgIpc) is 3.10. The van der Waals surface area contributed by atoms with Crippen molar-refractivity contribution in [2.45, 2.75) is 25.3 Å². The second kappa shape index (κ2) is 5.07. The lowest BCUT2D eigenvalue weighted by Crippen LogP contribution is -2.35. The van der Waals surface area contributed by atoms with Gasteiger partial charge in [-0.3, -0.25) is 9.48 Å². The number of carbonyl (C=O) groups excluding carboxylic acids is 1. The van der Waals surface area contributed by atoms with E-state index in [1.165, 1.54) is 0 Å². The van der Waals surface area contributed by atoms with Crippen LogP contribution in [0, 0.1) is 0 Å². The van der Waals surface area contributed by atoms with Crippen molar-refractivity contribution in [1.82, 2.24) is 14.7 Å². The van der Waals surface area contributed by atoms with Crippen molar-refractivity contribution in [2.75, 3.05) is 6.54 Å². The van der Waals surface area contributed by atoms with Crippen LogP contribution in [0.5, 0.6) is 0 Å². The predicted molar refractivity (Wildman–Crippen MR) is 65.3 cm³/mol. The highest BCUT2D eigenvalue weighted by atomic mass is 16.4. The molecule has 7 heteroatoms. The number of hydrogen-bond donors (Lipinski definition) is 2. The maximum absolute atomic E-state index is 12.3. The molecule has 1 saturated carbocycles. The number of carbonyl (C=O) groups is 1. The van der Waals surface area contributed by atoms with E-state index in [-0.39, 0.29) is 17.8 Å². The number of amidine groups is 1. The van der Waals surface area contributed by atoms with Crippen molar-refractivity contribution < 1.29 is 10.0 Å². The molecule has 1 aromatic heterocycles. The van der Waals surface area contributed by atoms with E-state index in [0.29, 0.717) is 18.5 Å². The van der Waals surface area contributed by atoms with E-state index in [2.05, 4.69) is 10.3 Å². The predicted octanol–water partition coefficient (Wildman–Crippen LogP) is 0.161. The molecule has 0 saturated heterocycles. The molecule has 1 aliphatic rings. The number of nitrogens with two attached hydrogens (primary N) is 1. The maximum Gasteiger partial charge on any atom is 0.257 e. The van der Waals surface area contributed by atoms with E-state index in [0.717, 1.165) is 12.8 Å². The number of amides is 1. The molecule has 2 rings (SSSR count). The maximum atomic E-state index is 12.3. The highest BCUT2D eigenvalue weighted by molar-refractivity contribution is 5.94. The number of oxime groups is 1. The Morgan fingerprint density at radius 1 is 1.72 bits per heavy atom. The number of hydrogen-bond acceptors (Lipinski definition) is 4. The van der Waals surface area contributed by atoms with Gasteiger partial charge in [-0.15, -0.1) is 0 Å². The molecule has 0 spiro atoms. The minimum absolute atomic E-state index is 0.0451. The summed E-state index contributed by atoms with van der Waals surface area (Å²) in [5.74, 6) is 0.0935. The van der Waals surface area contributed by atoms with Crippen LogP contribution in [0.3, 0.4) is 0 Å². The molecule has 18 heavy (non-hydrogen) atoms. The number of rotatable bonds is 5. The van der Waals surface area contributed by atoms with Crippen molar-refractivity contribution >= 4 is 11.7 Å². The number of nitrogens with zero attached hydrogens (tertiary/aromatic N) is 4. The fourth-order valence-electron chi connectivity index (χ4n) is 1.82. The summed E-state index contributed by atoms with van der Waals surface area (Å²) >= 11 is 0. The van der Waals surface area contributed by atoms with E-state index >= 15 is 0 Å². The molecule has 1 amide bonds. The number of aryl methyl sites for hydroxylation is 1. The second-order valence-corrected chi connectivity index (χ2v) is 4.47. The third-order valence-electron chi connectivity index (χ3n) is 2.94. The largest absolute Gasteiger partial charge is 0.409 e. The second-order valence-electron chi connectivity index (χ2n) is 4.47. The van der Waals surface area contributed by atoms with Crippen LogP contribution in [-0.2, 0) is 7.05 Å². The van der Waals surface area contributed by atoms with Gasteiger partial charge in [0.25, 0.3) is 5.91 Å². The van der Waals surface area contributed by atoms with Crippen LogP contribution in [-0.4, -0.2) is 44.2 Å². The monoisotopic (exact) mass is 251 g/mol. The molecule has 0 aromatic carbocycles. The van der Waals surface area contributed by atoms with Gasteiger partial charge in [0.1, 0.15) is 5.84 Å². The summed E-state index contributed by atoms with van der Waals surface area (Å²) in [4.78, 5) is 14.0. The molecule has 7 nitrogen and oxygen atoms in total. The van der Waals surface area contributed by atoms with E-state index in [9.17, 15) is 4.79 Å². The van der Waals surface area contributed by atoms with Crippen LogP contribution in [0.4, 0.5) is 0 Å². The Morgan fingerprint density at radius 2 is 2.44 bits per heavy atom. The van der Waals surface area contributed by atoms with E-state index in [4.69, 9.17) is 10.9 Å². The summed E-state index contributed by atoms with van der Waals surface area (Å²) < 4.78 is 1.60. The topological polar surface area (TPSA) is 96.7 Å². The Labute approximate surface area is 105 Å². The molecule has 98 valence electrons. The molecule has 0 radical (unpaired) electrons. The summed E-state index contributed by atoms with van der Waals surface area (Å²) in [5.41, 5.74) is 6.00. The van der Waals surface area contributed by atoms with E-state index in [1.54, 1.807) is 29.0 Å². The summed E-state index contributed by atoms with van der Waals surface area (Å²) in [7, 11) is 1.77. The summed E-state index contributed by atoms with van der Waals surface area (Å²) in [6.07, 6.45) is 5.66. The van der Waals surface area contributed by atoms with Crippen LogP contribution in [0.1, 0.15) is 29.6 Å². The molecule has 1 aromatic rings. The van der Waals surface area contributed by atoms with Crippen LogP contribution >= 0.6 is 0 Å². The van der Waals surface area contributed by atoms with Crippen LogP contribution < -0.4 is 5.73 Å². The van der Waals surface area contributed by atoms with Crippen molar-refractivity contribution in [2.24, 2.45) is 17.9 Å². The Bertz CT molecular complexity index is 464. The van der Waals surface area contributed by atoms with Gasteiger partial charge in [-0.25, -0.2) is 0 Å². The quantitative estimate of drug-likeness (QED) is 0.337. The minimum atomic E-state index is -0.0451. The van der Waals surface area contributed by atoms with Gasteiger partial charge in [-0.2, -0.15) is 5.10 Å². The first-order valence-corrected chi connectivity index (χ1v) is 5.88. The molecular formula is C11H17N5O2. The Morgan fingerprint density at radius 3 is 2.94 bits per heavy atom. The van der Waals surface area contributed by atoms with Gasteiger partial charge in [0.15, 0.2) is 0 Å². The van der Waals surface area contributed by atoms with Crippen LogP contribution in [0.15, 0.2) is 17.5 Å². The zero-order chi connectivity index (χ0) is 13.1. The molecule has 0 unspecified atom stereocenters. The van der Waals surface area contributed by atoms with Gasteiger partial charge in [0.2, 0.25) is 0 Å². The van der Waals surface area contributed by atoms with Gasteiger partial charge in [-0.1, -0.05) is 5.16 Å². The molecule has 3 N–H and O–H groups in total. The average molecular weight is 251 g/mol. The Kier molecular flexibility index (Phi) is 3.50. The minimum Gasteiger partial charge on any atom is -0.409 e. The van der Waals surface area contributed by atoms with E-state index < -0.39 is 0 Å². The summed E-state index contributed by atoms with van der Waals surface area (Å²) in [6.45, 7) is 0.467. The molecular weight excluding hydrogens is 234 g/mol. The van der Waals surface area contributed by atoms with Crippen molar-refractivity contribution in [1.29, 1.82) is 0 Å². The van der Waals surface area contributed by atoms with Crippen LogP contribution in [0.25, 0.3) is 0 Å². The smallest absolute Gasteiger partial charge is 0.257 e. The first-order valence-electron chi connectivity index (χ1n) is 5.88. The molecule has 0 aliphatic heterocycles. The Hall–Kier alpha value is -2.05. The zero-order valence-electron chi connectivity index (χ0n) is 10.3. The molecule has 1 heterocycles. The lowest BCUT2D eigenvalue weighted by molar-refractivity contribution is 0.0747. The van der Waals surface area contributed by atoms with Crippen molar-refractivity contribution in [3.63, 3.8) is 0 Å². The molecule has 0 atom stereocenters. The molecule has 1 aliphatic carbocycles. The third kappa shape index (κ3) is 2.79. The first-order chi connectivity index (χ1) is 8.61. The Balaban J connectivity index is 2.03. The van der Waals surface area contributed by atoms with E-state index in [1.807, 2.05) is 0 Å². The van der Waals surface area contributed by atoms with Gasteiger partial charge in [-0.05, 0) is 12.8 Å². The highest BCUT2D eigenvalue weighted by Gasteiger charge is 2.33. The standard InChI is InChI=1S/C11H17N5O2/c1-15-7-8(6-13-15)11(17)16(9-2-3-9)5-4-10(12)14-18/h6-7,9,18H,2-5H2,1H3,(H2,12,14). The number of aromatic nitrogens is 2. The lowest BCUT2D eigenvalue weighted by Gasteiger charge is -2.21. The lowest BCUT2D eigenvalue weighted by atomic mass is 10.2. The summed E-state index contributed by atoms with van der Waals surface area (Å²) in [5, 5.41) is 15.4. The first kappa shape index (κ1) is 12.4. The van der Waals surface area contributed by atoms with Gasteiger partial charge >= 0.3 is 0 Å². The van der Waals surface area contributed by atoms with Gasteiger partial charge in [0, 0.05) is 32.3 Å². The SMILES string of the molecule is Cn1cc(C(=O)N(CCC(N)=NO)C2CC2)cn1. The summed E-state index contributed by atoms with van der Waals surface area (Å²) in [6, 6.07) is 0.282. The highest BCUT2D eigenvalue weighted by Crippen LogP contribution is 2.28. The fraction of sp³-hybridized carbons (Fsp3) is 0.545. The normalized spacial score (nSPS) is 15.7. The van der Waals surface area contributed by atoms with Crippen molar-refractivity contribution in [3.05, 3.63) is 18.0 Å². The van der Waals surface area contributed by atoms with Gasteiger partial charge < -0.3 is 15.8 Å². The third-order valence-corrected chi connectivity index (χ3v) is 2.94.